The largest absolute Gasteiger partial charge is 0.478 e. The predicted molar refractivity (Wildman–Crippen MR) is 58.1 cm³/mol. The fourth-order valence-electron chi connectivity index (χ4n) is 1.24. The van der Waals surface area contributed by atoms with Gasteiger partial charge >= 0.3 is 5.97 Å². The summed E-state index contributed by atoms with van der Waals surface area (Å²) in [7, 11) is 0. The molecular formula is C12H16O3. The Hall–Kier alpha value is -1.51. The maximum atomic E-state index is 10.9. The molecule has 82 valence electrons. The lowest BCUT2D eigenvalue weighted by molar-refractivity contribution is -0.147. The molecule has 0 aromatic heterocycles. The molecule has 0 radical (unpaired) electrons. The predicted octanol–water partition coefficient (Wildman–Crippen LogP) is 2.48. The summed E-state index contributed by atoms with van der Waals surface area (Å²) >= 11 is 0. The van der Waals surface area contributed by atoms with Crippen molar-refractivity contribution in [3.05, 3.63) is 29.8 Å². The Morgan fingerprint density at radius 3 is 2.20 bits per heavy atom. The van der Waals surface area contributed by atoms with Gasteiger partial charge < -0.3 is 9.84 Å². The van der Waals surface area contributed by atoms with E-state index < -0.39 is 12.1 Å². The van der Waals surface area contributed by atoms with Crippen molar-refractivity contribution >= 4 is 5.97 Å². The summed E-state index contributed by atoms with van der Waals surface area (Å²) < 4.78 is 5.39. The van der Waals surface area contributed by atoms with E-state index in [-0.39, 0.29) is 5.92 Å². The van der Waals surface area contributed by atoms with Crippen LogP contribution >= 0.6 is 0 Å². The number of hydrogen-bond donors (Lipinski definition) is 1. The number of carboxylic acids is 1. The van der Waals surface area contributed by atoms with Gasteiger partial charge in [-0.15, -0.1) is 0 Å². The normalized spacial score (nSPS) is 12.5. The van der Waals surface area contributed by atoms with Crippen LogP contribution in [0.25, 0.3) is 0 Å². The molecule has 0 fully saturated rings. The minimum absolute atomic E-state index is 0.0520. The molecule has 1 rings (SSSR count). The number of hydrogen-bond acceptors (Lipinski definition) is 2. The molecule has 0 saturated heterocycles. The summed E-state index contributed by atoms with van der Waals surface area (Å²) in [4.78, 5) is 10.9. The van der Waals surface area contributed by atoms with Crippen LogP contribution in [0.4, 0.5) is 0 Å². The molecule has 1 atom stereocenters. The van der Waals surface area contributed by atoms with Crippen LogP contribution in [0.2, 0.25) is 0 Å². The van der Waals surface area contributed by atoms with Gasteiger partial charge in [-0.25, -0.2) is 4.79 Å². The molecule has 0 bridgehead atoms. The summed E-state index contributed by atoms with van der Waals surface area (Å²) in [5.74, 6) is -0.379. The lowest BCUT2D eigenvalue weighted by Crippen LogP contribution is -2.32. The van der Waals surface area contributed by atoms with Crippen LogP contribution in [0.3, 0.4) is 0 Å². The molecule has 0 heterocycles. The second-order valence-electron chi connectivity index (χ2n) is 3.93. The summed E-state index contributed by atoms with van der Waals surface area (Å²) in [6.45, 7) is 5.63. The Balaban J connectivity index is 2.74. The number of aliphatic carboxylic acids is 1. The first kappa shape index (κ1) is 11.6. The maximum absolute atomic E-state index is 10.9. The van der Waals surface area contributed by atoms with E-state index in [4.69, 9.17) is 9.84 Å². The standard InChI is InChI=1S/C12H16O3/c1-8(2)11(12(13)14)15-10-6-4-9(3)5-7-10/h4-8,11H,1-3H3,(H,13,14)/t11-/m0/s1. The molecule has 1 aromatic rings. The third-order valence-corrected chi connectivity index (χ3v) is 2.13. The summed E-state index contributed by atoms with van der Waals surface area (Å²) in [5, 5.41) is 8.93. The second kappa shape index (κ2) is 4.82. The maximum Gasteiger partial charge on any atom is 0.345 e. The van der Waals surface area contributed by atoms with Crippen molar-refractivity contribution < 1.29 is 14.6 Å². The van der Waals surface area contributed by atoms with Crippen molar-refractivity contribution in [1.82, 2.24) is 0 Å². The van der Waals surface area contributed by atoms with Gasteiger partial charge in [0.25, 0.3) is 0 Å². The van der Waals surface area contributed by atoms with Gasteiger partial charge in [0.15, 0.2) is 6.10 Å². The van der Waals surface area contributed by atoms with Crippen LogP contribution in [0.5, 0.6) is 5.75 Å². The molecule has 0 unspecified atom stereocenters. The average Bonchev–Trinajstić information content (AvgIpc) is 2.15. The first-order valence-corrected chi connectivity index (χ1v) is 4.97. The molecule has 0 aliphatic rings. The van der Waals surface area contributed by atoms with Crippen LogP contribution < -0.4 is 4.74 Å². The van der Waals surface area contributed by atoms with E-state index in [9.17, 15) is 4.79 Å². The highest BCUT2D eigenvalue weighted by Gasteiger charge is 2.23. The van der Waals surface area contributed by atoms with Crippen LogP contribution in [-0.4, -0.2) is 17.2 Å². The van der Waals surface area contributed by atoms with Gasteiger partial charge in [0.05, 0.1) is 0 Å². The van der Waals surface area contributed by atoms with Crippen molar-refractivity contribution in [2.75, 3.05) is 0 Å². The molecule has 15 heavy (non-hydrogen) atoms. The highest BCUT2D eigenvalue weighted by Crippen LogP contribution is 2.16. The summed E-state index contributed by atoms with van der Waals surface area (Å²) in [5.41, 5.74) is 1.12. The van der Waals surface area contributed by atoms with E-state index in [0.29, 0.717) is 5.75 Å². The van der Waals surface area contributed by atoms with Crippen molar-refractivity contribution in [3.8, 4) is 5.75 Å². The minimum Gasteiger partial charge on any atom is -0.478 e. The molecule has 0 saturated carbocycles. The molecule has 0 aliphatic carbocycles. The third-order valence-electron chi connectivity index (χ3n) is 2.13. The van der Waals surface area contributed by atoms with E-state index in [1.54, 1.807) is 12.1 Å². The Bertz CT molecular complexity index is 327. The molecule has 1 aromatic carbocycles. The zero-order chi connectivity index (χ0) is 11.4. The van der Waals surface area contributed by atoms with E-state index in [0.717, 1.165) is 5.56 Å². The Kier molecular flexibility index (Phi) is 3.72. The molecular weight excluding hydrogens is 192 g/mol. The molecule has 0 amide bonds. The van der Waals surface area contributed by atoms with Gasteiger partial charge in [0.2, 0.25) is 0 Å². The van der Waals surface area contributed by atoms with Gasteiger partial charge in [0, 0.05) is 5.92 Å². The lowest BCUT2D eigenvalue weighted by atomic mass is 10.1. The van der Waals surface area contributed by atoms with E-state index in [2.05, 4.69) is 0 Å². The number of ether oxygens (including phenoxy) is 1. The van der Waals surface area contributed by atoms with E-state index in [1.165, 1.54) is 0 Å². The van der Waals surface area contributed by atoms with Crippen molar-refractivity contribution in [3.63, 3.8) is 0 Å². The van der Waals surface area contributed by atoms with Crippen LogP contribution in [0.15, 0.2) is 24.3 Å². The Morgan fingerprint density at radius 1 is 1.27 bits per heavy atom. The van der Waals surface area contributed by atoms with Gasteiger partial charge in [0.1, 0.15) is 5.75 Å². The first-order valence-electron chi connectivity index (χ1n) is 4.97. The zero-order valence-corrected chi connectivity index (χ0v) is 9.23. The Labute approximate surface area is 89.7 Å². The SMILES string of the molecule is Cc1ccc(O[C@H](C(=O)O)C(C)C)cc1. The average molecular weight is 208 g/mol. The van der Waals surface area contributed by atoms with E-state index in [1.807, 2.05) is 32.9 Å². The molecule has 3 heteroatoms. The topological polar surface area (TPSA) is 46.5 Å². The highest BCUT2D eigenvalue weighted by atomic mass is 16.5. The Morgan fingerprint density at radius 2 is 1.80 bits per heavy atom. The van der Waals surface area contributed by atoms with Gasteiger partial charge in [-0.2, -0.15) is 0 Å². The molecule has 0 aliphatic heterocycles. The molecule has 3 nitrogen and oxygen atoms in total. The van der Waals surface area contributed by atoms with E-state index >= 15 is 0 Å². The lowest BCUT2D eigenvalue weighted by Gasteiger charge is -2.18. The quantitative estimate of drug-likeness (QED) is 0.826. The second-order valence-corrected chi connectivity index (χ2v) is 3.93. The number of rotatable bonds is 4. The highest BCUT2D eigenvalue weighted by molar-refractivity contribution is 5.73. The third kappa shape index (κ3) is 3.27. The molecule has 1 N–H and O–H groups in total. The van der Waals surface area contributed by atoms with Crippen LogP contribution in [0.1, 0.15) is 19.4 Å². The number of carbonyl (C=O) groups is 1. The number of benzene rings is 1. The number of carboxylic acid groups (broad SMARTS) is 1. The minimum atomic E-state index is -0.925. The van der Waals surface area contributed by atoms with Crippen LogP contribution in [-0.2, 0) is 4.79 Å². The molecule has 0 spiro atoms. The fourth-order valence-corrected chi connectivity index (χ4v) is 1.24. The van der Waals surface area contributed by atoms with Crippen LogP contribution in [0, 0.1) is 12.8 Å². The van der Waals surface area contributed by atoms with Gasteiger partial charge in [-0.1, -0.05) is 31.5 Å². The first-order chi connectivity index (χ1) is 7.00. The smallest absolute Gasteiger partial charge is 0.345 e. The van der Waals surface area contributed by atoms with Crippen molar-refractivity contribution in [2.45, 2.75) is 26.9 Å². The number of aryl methyl sites for hydroxylation is 1. The summed E-state index contributed by atoms with van der Waals surface area (Å²) in [6, 6.07) is 7.37. The van der Waals surface area contributed by atoms with Crippen molar-refractivity contribution in [2.24, 2.45) is 5.92 Å². The zero-order valence-electron chi connectivity index (χ0n) is 9.23. The van der Waals surface area contributed by atoms with Gasteiger partial charge in [-0.05, 0) is 19.1 Å². The summed E-state index contributed by atoms with van der Waals surface area (Å²) in [6.07, 6.45) is -0.785. The fraction of sp³-hybridized carbons (Fsp3) is 0.417. The van der Waals surface area contributed by atoms with Crippen molar-refractivity contribution in [1.29, 1.82) is 0 Å². The van der Waals surface area contributed by atoms with Gasteiger partial charge in [-0.3, -0.25) is 0 Å². The monoisotopic (exact) mass is 208 g/mol.